The van der Waals surface area contributed by atoms with E-state index in [0.29, 0.717) is 12.2 Å². The summed E-state index contributed by atoms with van der Waals surface area (Å²) < 4.78 is 8.20. The van der Waals surface area contributed by atoms with Gasteiger partial charge < -0.3 is 9.30 Å². The summed E-state index contributed by atoms with van der Waals surface area (Å²) >= 11 is 3.42. The zero-order chi connectivity index (χ0) is 18.4. The maximum atomic E-state index is 12.5. The molecule has 1 saturated carbocycles. The Morgan fingerprint density at radius 3 is 2.36 bits per heavy atom. The average molecular weight is 411 g/mol. The number of halogens is 1. The third-order valence-corrected chi connectivity index (χ3v) is 5.70. The van der Waals surface area contributed by atoms with Crippen LogP contribution in [0.1, 0.15) is 46.0 Å². The van der Waals surface area contributed by atoms with Gasteiger partial charge in [0.15, 0.2) is 0 Å². The number of hydrogen-bond acceptors (Lipinski definition) is 4. The molecule has 0 radical (unpaired) electrons. The number of amides is 2. The summed E-state index contributed by atoms with van der Waals surface area (Å²) in [5, 5.41) is 0. The molecule has 2 aliphatic rings. The third kappa shape index (κ3) is 3.52. The number of carbonyl (C=O) groups excluding carboxylic acids is 2. The van der Waals surface area contributed by atoms with Crippen LogP contribution in [0.25, 0.3) is 0 Å². The van der Waals surface area contributed by atoms with E-state index in [-0.39, 0.29) is 29.5 Å². The van der Waals surface area contributed by atoms with E-state index in [9.17, 15) is 14.4 Å². The lowest BCUT2D eigenvalue weighted by Crippen LogP contribution is -2.44. The molecule has 2 amide bonds. The predicted octanol–water partition coefficient (Wildman–Crippen LogP) is 2.62. The van der Waals surface area contributed by atoms with E-state index < -0.39 is 5.41 Å². The first-order chi connectivity index (χ1) is 11.7. The van der Waals surface area contributed by atoms with Gasteiger partial charge in [-0.05, 0) is 41.6 Å². The van der Waals surface area contributed by atoms with Gasteiger partial charge in [-0.25, -0.2) is 0 Å². The third-order valence-electron chi connectivity index (χ3n) is 5.11. The molecular weight excluding hydrogens is 388 g/mol. The Morgan fingerprint density at radius 1 is 1.16 bits per heavy atom. The zero-order valence-corrected chi connectivity index (χ0v) is 16.3. The fourth-order valence-electron chi connectivity index (χ4n) is 3.62. The second-order valence-electron chi connectivity index (χ2n) is 7.61. The number of hydrogen-bond donors (Lipinski definition) is 0. The van der Waals surface area contributed by atoms with Gasteiger partial charge in [-0.15, -0.1) is 0 Å². The minimum Gasteiger partial charge on any atom is -0.489 e. The van der Waals surface area contributed by atoms with Crippen LogP contribution in [0.15, 0.2) is 21.5 Å². The summed E-state index contributed by atoms with van der Waals surface area (Å²) in [6.07, 6.45) is 4.95. The van der Waals surface area contributed by atoms with Crippen LogP contribution in [-0.4, -0.2) is 33.4 Å². The highest BCUT2D eigenvalue weighted by molar-refractivity contribution is 9.10. The highest BCUT2D eigenvalue weighted by atomic mass is 79.9. The van der Waals surface area contributed by atoms with Crippen molar-refractivity contribution in [2.75, 3.05) is 0 Å². The molecule has 136 valence electrons. The predicted molar refractivity (Wildman–Crippen MR) is 96.3 cm³/mol. The van der Waals surface area contributed by atoms with Crippen molar-refractivity contribution in [3.63, 3.8) is 0 Å². The molecular formula is C18H23BrN2O4. The molecule has 1 aromatic rings. The molecule has 0 atom stereocenters. The van der Waals surface area contributed by atoms with Crippen LogP contribution in [-0.2, 0) is 16.6 Å². The number of rotatable bonds is 3. The largest absolute Gasteiger partial charge is 0.489 e. The standard InChI is InChI=1S/C18H23BrN2O4/c1-18(2)9-16(23)21(17(18)24)11-4-6-12(7-5-11)25-14-8-15(22)20(3)10-13(14)19/h8,10-12H,4-7,9H2,1-3H3/t11-,12-. The molecule has 1 aromatic heterocycles. The van der Waals surface area contributed by atoms with Gasteiger partial charge in [0.2, 0.25) is 11.8 Å². The molecule has 0 N–H and O–H groups in total. The van der Waals surface area contributed by atoms with Crippen molar-refractivity contribution in [3.8, 4) is 5.75 Å². The summed E-state index contributed by atoms with van der Waals surface area (Å²) in [4.78, 5) is 37.9. The zero-order valence-electron chi connectivity index (χ0n) is 14.8. The molecule has 1 aliphatic carbocycles. The smallest absolute Gasteiger partial charge is 0.254 e. The summed E-state index contributed by atoms with van der Waals surface area (Å²) in [5.41, 5.74) is -0.707. The van der Waals surface area contributed by atoms with E-state index in [4.69, 9.17) is 4.74 Å². The molecule has 0 bridgehead atoms. The van der Waals surface area contributed by atoms with Gasteiger partial charge in [0.1, 0.15) is 5.75 Å². The van der Waals surface area contributed by atoms with Crippen molar-refractivity contribution in [3.05, 3.63) is 27.1 Å². The molecule has 7 heteroatoms. The Hall–Kier alpha value is -1.63. The van der Waals surface area contributed by atoms with E-state index >= 15 is 0 Å². The number of aryl methyl sites for hydroxylation is 1. The molecule has 0 aromatic carbocycles. The van der Waals surface area contributed by atoms with Crippen LogP contribution in [0.4, 0.5) is 0 Å². The molecule has 25 heavy (non-hydrogen) atoms. The van der Waals surface area contributed by atoms with Gasteiger partial charge in [-0.2, -0.15) is 0 Å². The van der Waals surface area contributed by atoms with Gasteiger partial charge in [0, 0.05) is 31.8 Å². The maximum Gasteiger partial charge on any atom is 0.254 e. The minimum absolute atomic E-state index is 0.0135. The second-order valence-corrected chi connectivity index (χ2v) is 8.47. The van der Waals surface area contributed by atoms with Crippen molar-refractivity contribution >= 4 is 27.7 Å². The van der Waals surface area contributed by atoms with Crippen LogP contribution in [0.5, 0.6) is 5.75 Å². The van der Waals surface area contributed by atoms with Crippen LogP contribution in [0, 0.1) is 5.41 Å². The van der Waals surface area contributed by atoms with E-state index in [2.05, 4.69) is 15.9 Å². The lowest BCUT2D eigenvalue weighted by molar-refractivity contribution is -0.144. The number of aromatic nitrogens is 1. The Morgan fingerprint density at radius 2 is 1.80 bits per heavy atom. The van der Waals surface area contributed by atoms with Gasteiger partial charge in [0.05, 0.1) is 16.0 Å². The Kier molecular flexibility index (Phi) is 4.79. The van der Waals surface area contributed by atoms with E-state index in [0.717, 1.165) is 30.2 Å². The molecule has 1 aliphatic heterocycles. The van der Waals surface area contributed by atoms with Crippen LogP contribution < -0.4 is 10.3 Å². The molecule has 6 nitrogen and oxygen atoms in total. The van der Waals surface area contributed by atoms with Gasteiger partial charge in [-0.1, -0.05) is 13.8 Å². The van der Waals surface area contributed by atoms with E-state index in [1.54, 1.807) is 13.2 Å². The highest BCUT2D eigenvalue weighted by Crippen LogP contribution is 2.37. The summed E-state index contributed by atoms with van der Waals surface area (Å²) in [7, 11) is 1.69. The Bertz CT molecular complexity index is 763. The van der Waals surface area contributed by atoms with Gasteiger partial charge in [-0.3, -0.25) is 19.3 Å². The van der Waals surface area contributed by atoms with Gasteiger partial charge in [0.25, 0.3) is 5.56 Å². The summed E-state index contributed by atoms with van der Waals surface area (Å²) in [6, 6.07) is 1.44. The molecule has 0 spiro atoms. The maximum absolute atomic E-state index is 12.5. The van der Waals surface area contributed by atoms with Crippen molar-refractivity contribution < 1.29 is 14.3 Å². The van der Waals surface area contributed by atoms with Crippen LogP contribution in [0.2, 0.25) is 0 Å². The first kappa shape index (κ1) is 18.2. The quantitative estimate of drug-likeness (QED) is 0.718. The number of imide groups is 1. The summed E-state index contributed by atoms with van der Waals surface area (Å²) in [6.45, 7) is 3.66. The van der Waals surface area contributed by atoms with E-state index in [1.807, 2.05) is 13.8 Å². The van der Waals surface area contributed by atoms with E-state index in [1.165, 1.54) is 15.5 Å². The fourth-order valence-corrected chi connectivity index (χ4v) is 4.13. The van der Waals surface area contributed by atoms with Crippen molar-refractivity contribution in [2.45, 2.75) is 58.1 Å². The normalized spacial score (nSPS) is 26.2. The number of nitrogens with zero attached hydrogens (tertiary/aromatic N) is 2. The number of pyridine rings is 1. The molecule has 0 unspecified atom stereocenters. The Labute approximate surface area is 155 Å². The van der Waals surface area contributed by atoms with Crippen molar-refractivity contribution in [1.82, 2.24) is 9.47 Å². The van der Waals surface area contributed by atoms with Crippen molar-refractivity contribution in [1.29, 1.82) is 0 Å². The molecule has 3 rings (SSSR count). The highest BCUT2D eigenvalue weighted by Gasteiger charge is 2.48. The number of likely N-dealkylation sites (tertiary alicyclic amines) is 1. The van der Waals surface area contributed by atoms with Crippen LogP contribution >= 0.6 is 15.9 Å². The molecule has 2 heterocycles. The van der Waals surface area contributed by atoms with Crippen molar-refractivity contribution in [2.24, 2.45) is 12.5 Å². The first-order valence-corrected chi connectivity index (χ1v) is 9.37. The fraction of sp³-hybridized carbons (Fsp3) is 0.611. The topological polar surface area (TPSA) is 68.6 Å². The average Bonchev–Trinajstić information content (AvgIpc) is 2.74. The van der Waals surface area contributed by atoms with Crippen LogP contribution in [0.3, 0.4) is 0 Å². The Balaban J connectivity index is 1.63. The minimum atomic E-state index is -0.584. The lowest BCUT2D eigenvalue weighted by Gasteiger charge is -2.34. The second kappa shape index (κ2) is 6.59. The molecule has 1 saturated heterocycles. The number of ether oxygens (including phenoxy) is 1. The first-order valence-electron chi connectivity index (χ1n) is 8.58. The lowest BCUT2D eigenvalue weighted by atomic mass is 9.90. The monoisotopic (exact) mass is 410 g/mol. The summed E-state index contributed by atoms with van der Waals surface area (Å²) in [5.74, 6) is 0.422. The SMILES string of the molecule is Cn1cc(Br)c(O[C@H]2CC[C@H](N3C(=O)CC(C)(C)C3=O)CC2)cc1=O. The number of carbonyl (C=O) groups is 2. The van der Waals surface area contributed by atoms with Gasteiger partial charge >= 0.3 is 0 Å². The molecule has 2 fully saturated rings.